The van der Waals surface area contributed by atoms with Gasteiger partial charge in [-0.15, -0.1) is 0 Å². The van der Waals surface area contributed by atoms with Crippen LogP contribution in [0.2, 0.25) is 5.02 Å². The number of pyridine rings is 1. The predicted molar refractivity (Wildman–Crippen MR) is 56.6 cm³/mol. The Hall–Kier alpha value is -1.31. The smallest absolute Gasteiger partial charge is 0.145 e. The Labute approximate surface area is 92.5 Å². The van der Waals surface area contributed by atoms with Gasteiger partial charge in [-0.2, -0.15) is 5.26 Å². The number of halogens is 1. The molecule has 1 aromatic rings. The Balaban J connectivity index is 2.06. The first-order valence-electron chi connectivity index (χ1n) is 4.69. The number of nitriles is 1. The number of anilines is 1. The van der Waals surface area contributed by atoms with Gasteiger partial charge in [-0.05, 0) is 18.9 Å². The van der Waals surface area contributed by atoms with E-state index in [9.17, 15) is 0 Å². The molecule has 0 aromatic carbocycles. The van der Waals surface area contributed by atoms with Gasteiger partial charge in [-0.3, -0.25) is 0 Å². The van der Waals surface area contributed by atoms with Crippen molar-refractivity contribution in [2.75, 3.05) is 5.32 Å². The Bertz CT molecular complexity index is 410. The molecule has 0 bridgehead atoms. The minimum absolute atomic E-state index is 0.209. The molecule has 0 aliphatic heterocycles. The molecule has 0 atom stereocenters. The molecule has 1 saturated carbocycles. The van der Waals surface area contributed by atoms with E-state index in [-0.39, 0.29) is 12.1 Å². The minimum atomic E-state index is -0.209. The summed E-state index contributed by atoms with van der Waals surface area (Å²) in [5, 5.41) is 21.3. The van der Waals surface area contributed by atoms with Gasteiger partial charge in [0.15, 0.2) is 0 Å². The van der Waals surface area contributed by atoms with Crippen molar-refractivity contribution < 1.29 is 5.11 Å². The molecule has 0 amide bonds. The van der Waals surface area contributed by atoms with Gasteiger partial charge in [0.25, 0.3) is 0 Å². The fourth-order valence-electron chi connectivity index (χ4n) is 1.50. The maximum Gasteiger partial charge on any atom is 0.145 e. The molecule has 4 nitrogen and oxygen atoms in total. The standard InChI is InChI=1S/C10H10ClN3O/c11-9-1-6(4-12)5-13-10(9)14-7-2-8(15)3-7/h1,5,7-8,15H,2-3H2,(H,13,14). The van der Waals surface area contributed by atoms with E-state index in [1.54, 1.807) is 6.07 Å². The molecule has 2 rings (SSSR count). The number of rotatable bonds is 2. The molecule has 1 heterocycles. The Morgan fingerprint density at radius 2 is 2.33 bits per heavy atom. The molecule has 2 N–H and O–H groups in total. The van der Waals surface area contributed by atoms with Gasteiger partial charge in [0.1, 0.15) is 11.9 Å². The predicted octanol–water partition coefficient (Wildman–Crippen LogP) is 1.54. The summed E-state index contributed by atoms with van der Waals surface area (Å²) in [6.07, 6.45) is 2.71. The second-order valence-corrected chi connectivity index (χ2v) is 4.04. The molecule has 1 aromatic heterocycles. The van der Waals surface area contributed by atoms with Crippen molar-refractivity contribution in [3.63, 3.8) is 0 Å². The SMILES string of the molecule is N#Cc1cnc(NC2CC(O)C2)c(Cl)c1. The highest BCUT2D eigenvalue weighted by molar-refractivity contribution is 6.33. The zero-order valence-electron chi connectivity index (χ0n) is 7.94. The summed E-state index contributed by atoms with van der Waals surface area (Å²) >= 11 is 5.93. The van der Waals surface area contributed by atoms with Crippen molar-refractivity contribution >= 4 is 17.4 Å². The lowest BCUT2D eigenvalue weighted by Crippen LogP contribution is -2.39. The first-order chi connectivity index (χ1) is 7.19. The molecule has 0 spiro atoms. The highest BCUT2D eigenvalue weighted by atomic mass is 35.5. The van der Waals surface area contributed by atoms with Crippen LogP contribution in [-0.4, -0.2) is 22.2 Å². The first kappa shape index (κ1) is 10.2. The molecule has 15 heavy (non-hydrogen) atoms. The van der Waals surface area contributed by atoms with Crippen LogP contribution >= 0.6 is 11.6 Å². The summed E-state index contributed by atoms with van der Waals surface area (Å²) in [7, 11) is 0. The van der Waals surface area contributed by atoms with Gasteiger partial charge in [-0.25, -0.2) is 4.98 Å². The largest absolute Gasteiger partial charge is 0.393 e. The third-order valence-corrected chi connectivity index (χ3v) is 2.71. The number of aromatic nitrogens is 1. The van der Waals surface area contributed by atoms with E-state index < -0.39 is 0 Å². The van der Waals surface area contributed by atoms with Gasteiger partial charge in [0.2, 0.25) is 0 Å². The second kappa shape index (κ2) is 4.05. The highest BCUT2D eigenvalue weighted by Crippen LogP contribution is 2.27. The fourth-order valence-corrected chi connectivity index (χ4v) is 1.73. The lowest BCUT2D eigenvalue weighted by atomic mass is 9.89. The molecular weight excluding hydrogens is 214 g/mol. The molecule has 1 aliphatic rings. The number of nitrogens with zero attached hydrogens (tertiary/aromatic N) is 2. The summed E-state index contributed by atoms with van der Waals surface area (Å²) < 4.78 is 0. The summed E-state index contributed by atoms with van der Waals surface area (Å²) in [6, 6.07) is 3.78. The molecule has 1 fully saturated rings. The third-order valence-electron chi connectivity index (χ3n) is 2.42. The van der Waals surface area contributed by atoms with Crippen LogP contribution in [0.15, 0.2) is 12.3 Å². The van der Waals surface area contributed by atoms with Gasteiger partial charge >= 0.3 is 0 Å². The third kappa shape index (κ3) is 2.20. The van der Waals surface area contributed by atoms with Crippen LogP contribution in [-0.2, 0) is 0 Å². The van der Waals surface area contributed by atoms with E-state index in [2.05, 4.69) is 10.3 Å². The number of hydrogen-bond acceptors (Lipinski definition) is 4. The Morgan fingerprint density at radius 1 is 1.60 bits per heavy atom. The molecule has 5 heteroatoms. The number of nitrogens with one attached hydrogen (secondary N) is 1. The summed E-state index contributed by atoms with van der Waals surface area (Å²) in [4.78, 5) is 4.05. The monoisotopic (exact) mass is 223 g/mol. The van der Waals surface area contributed by atoms with Crippen molar-refractivity contribution in [3.8, 4) is 6.07 Å². The molecular formula is C10H10ClN3O. The van der Waals surface area contributed by atoms with E-state index in [0.29, 0.717) is 16.4 Å². The quantitative estimate of drug-likeness (QED) is 0.798. The normalized spacial score (nSPS) is 24.1. The lowest BCUT2D eigenvalue weighted by molar-refractivity contribution is 0.0835. The summed E-state index contributed by atoms with van der Waals surface area (Å²) in [5.41, 5.74) is 0.444. The number of aliphatic hydroxyl groups excluding tert-OH is 1. The van der Waals surface area contributed by atoms with Crippen molar-refractivity contribution in [1.82, 2.24) is 4.98 Å². The van der Waals surface area contributed by atoms with Crippen LogP contribution in [0.25, 0.3) is 0 Å². The minimum Gasteiger partial charge on any atom is -0.393 e. The fraction of sp³-hybridized carbons (Fsp3) is 0.400. The zero-order chi connectivity index (χ0) is 10.8. The van der Waals surface area contributed by atoms with E-state index in [1.165, 1.54) is 6.20 Å². The maximum atomic E-state index is 9.11. The van der Waals surface area contributed by atoms with E-state index in [1.807, 2.05) is 6.07 Å². The van der Waals surface area contributed by atoms with Gasteiger partial charge < -0.3 is 10.4 Å². The lowest BCUT2D eigenvalue weighted by Gasteiger charge is -2.32. The zero-order valence-corrected chi connectivity index (χ0v) is 8.70. The molecule has 0 saturated heterocycles. The summed E-state index contributed by atoms with van der Waals surface area (Å²) in [6.45, 7) is 0. The van der Waals surface area contributed by atoms with Crippen LogP contribution in [0, 0.1) is 11.3 Å². The van der Waals surface area contributed by atoms with Crippen LogP contribution in [0.3, 0.4) is 0 Å². The molecule has 0 radical (unpaired) electrons. The summed E-state index contributed by atoms with van der Waals surface area (Å²) in [5.74, 6) is 0.576. The van der Waals surface area contributed by atoms with Crippen molar-refractivity contribution in [1.29, 1.82) is 5.26 Å². The van der Waals surface area contributed by atoms with Crippen molar-refractivity contribution in [2.45, 2.75) is 25.0 Å². The molecule has 1 aliphatic carbocycles. The maximum absolute atomic E-state index is 9.11. The number of hydrogen-bond donors (Lipinski definition) is 2. The van der Waals surface area contributed by atoms with Gasteiger partial charge in [0.05, 0.1) is 16.7 Å². The van der Waals surface area contributed by atoms with Crippen molar-refractivity contribution in [3.05, 3.63) is 22.8 Å². The second-order valence-electron chi connectivity index (χ2n) is 3.63. The van der Waals surface area contributed by atoms with E-state index in [4.69, 9.17) is 22.0 Å². The van der Waals surface area contributed by atoms with Crippen LogP contribution in [0.4, 0.5) is 5.82 Å². The van der Waals surface area contributed by atoms with Gasteiger partial charge in [-0.1, -0.05) is 11.6 Å². The average Bonchev–Trinajstić information content (AvgIpc) is 2.18. The molecule has 78 valence electrons. The average molecular weight is 224 g/mol. The van der Waals surface area contributed by atoms with E-state index in [0.717, 1.165) is 12.8 Å². The molecule has 0 unspecified atom stereocenters. The Kier molecular flexibility index (Phi) is 2.76. The highest BCUT2D eigenvalue weighted by Gasteiger charge is 2.27. The van der Waals surface area contributed by atoms with Crippen LogP contribution < -0.4 is 5.32 Å². The Morgan fingerprint density at radius 3 is 2.87 bits per heavy atom. The van der Waals surface area contributed by atoms with Crippen LogP contribution in [0.5, 0.6) is 0 Å². The van der Waals surface area contributed by atoms with Crippen LogP contribution in [0.1, 0.15) is 18.4 Å². The van der Waals surface area contributed by atoms with Crippen molar-refractivity contribution in [2.24, 2.45) is 0 Å². The number of aliphatic hydroxyl groups is 1. The first-order valence-corrected chi connectivity index (χ1v) is 5.07. The van der Waals surface area contributed by atoms with Gasteiger partial charge in [0, 0.05) is 12.2 Å². The van der Waals surface area contributed by atoms with E-state index >= 15 is 0 Å². The topological polar surface area (TPSA) is 68.9 Å².